The Hall–Kier alpha value is -1.22. The zero-order chi connectivity index (χ0) is 10.3. The molecular formula is C11H9FOS. The Morgan fingerprint density at radius 3 is 2.71 bits per heavy atom. The fourth-order valence-corrected chi connectivity index (χ4v) is 2.67. The summed E-state index contributed by atoms with van der Waals surface area (Å²) in [6.45, 7) is 3.62. The van der Waals surface area contributed by atoms with E-state index in [2.05, 4.69) is 0 Å². The molecule has 14 heavy (non-hydrogen) atoms. The summed E-state index contributed by atoms with van der Waals surface area (Å²) >= 11 is 1.47. The monoisotopic (exact) mass is 208 g/mol. The maximum atomic E-state index is 13.2. The largest absolute Gasteiger partial charge is 0.298 e. The van der Waals surface area contributed by atoms with Crippen molar-refractivity contribution in [1.29, 1.82) is 0 Å². The molecule has 0 atom stereocenters. The van der Waals surface area contributed by atoms with Gasteiger partial charge in [-0.3, -0.25) is 4.79 Å². The van der Waals surface area contributed by atoms with Crippen LogP contribution in [0.5, 0.6) is 0 Å². The summed E-state index contributed by atoms with van der Waals surface area (Å²) in [6, 6.07) is 3.09. The lowest BCUT2D eigenvalue weighted by molar-refractivity contribution is 0.112. The van der Waals surface area contributed by atoms with Gasteiger partial charge in [-0.15, -0.1) is 11.3 Å². The minimum absolute atomic E-state index is 0.212. The number of aldehydes is 1. The number of carbonyl (C=O) groups is 1. The van der Waals surface area contributed by atoms with Gasteiger partial charge in [-0.1, -0.05) is 0 Å². The normalized spacial score (nSPS) is 10.8. The summed E-state index contributed by atoms with van der Waals surface area (Å²) in [5, 5.41) is 0.862. The molecule has 1 nitrogen and oxygen atoms in total. The van der Waals surface area contributed by atoms with Gasteiger partial charge < -0.3 is 0 Å². The zero-order valence-electron chi connectivity index (χ0n) is 7.93. The molecule has 0 amide bonds. The number of fused-ring (bicyclic) bond motifs is 1. The highest BCUT2D eigenvalue weighted by molar-refractivity contribution is 7.19. The van der Waals surface area contributed by atoms with Crippen LogP contribution in [-0.2, 0) is 0 Å². The van der Waals surface area contributed by atoms with Gasteiger partial charge in [0.05, 0.1) is 0 Å². The van der Waals surface area contributed by atoms with Crippen LogP contribution in [0.2, 0.25) is 0 Å². The van der Waals surface area contributed by atoms with Crippen molar-refractivity contribution in [3.05, 3.63) is 34.0 Å². The van der Waals surface area contributed by atoms with Crippen LogP contribution in [0.25, 0.3) is 10.1 Å². The van der Waals surface area contributed by atoms with E-state index in [1.165, 1.54) is 17.4 Å². The number of carbonyl (C=O) groups excluding carboxylic acids is 1. The Balaban J connectivity index is 2.93. The third-order valence-electron chi connectivity index (χ3n) is 2.38. The molecule has 0 aliphatic rings. The van der Waals surface area contributed by atoms with Gasteiger partial charge >= 0.3 is 0 Å². The van der Waals surface area contributed by atoms with E-state index in [1.807, 2.05) is 6.92 Å². The second kappa shape index (κ2) is 3.17. The summed E-state index contributed by atoms with van der Waals surface area (Å²) < 4.78 is 14.1. The average molecular weight is 208 g/mol. The van der Waals surface area contributed by atoms with Gasteiger partial charge in [-0.05, 0) is 26.0 Å². The molecule has 0 saturated heterocycles. The number of thiophene rings is 1. The molecule has 0 radical (unpaired) electrons. The molecule has 2 rings (SSSR count). The Bertz CT molecular complexity index is 513. The number of halogens is 1. The van der Waals surface area contributed by atoms with Crippen LogP contribution in [0.15, 0.2) is 12.1 Å². The zero-order valence-corrected chi connectivity index (χ0v) is 8.74. The van der Waals surface area contributed by atoms with Gasteiger partial charge in [-0.25, -0.2) is 4.39 Å². The predicted octanol–water partition coefficient (Wildman–Crippen LogP) is 3.47. The van der Waals surface area contributed by atoms with Crippen molar-refractivity contribution in [2.45, 2.75) is 13.8 Å². The van der Waals surface area contributed by atoms with Gasteiger partial charge in [0.15, 0.2) is 6.29 Å². The average Bonchev–Trinajstić information content (AvgIpc) is 2.49. The molecule has 1 aromatic carbocycles. The first-order valence-electron chi connectivity index (χ1n) is 4.28. The summed E-state index contributed by atoms with van der Waals surface area (Å²) in [7, 11) is 0. The molecule has 0 spiro atoms. The molecule has 2 aromatic rings. The molecular weight excluding hydrogens is 199 g/mol. The lowest BCUT2D eigenvalue weighted by Crippen LogP contribution is -1.83. The Morgan fingerprint density at radius 1 is 1.36 bits per heavy atom. The maximum absolute atomic E-state index is 13.2. The van der Waals surface area contributed by atoms with E-state index in [9.17, 15) is 9.18 Å². The number of hydrogen-bond donors (Lipinski definition) is 0. The number of rotatable bonds is 1. The molecule has 0 unspecified atom stereocenters. The quantitative estimate of drug-likeness (QED) is 0.656. The van der Waals surface area contributed by atoms with Crippen molar-refractivity contribution < 1.29 is 9.18 Å². The van der Waals surface area contributed by atoms with E-state index in [-0.39, 0.29) is 5.82 Å². The van der Waals surface area contributed by atoms with Crippen LogP contribution in [-0.4, -0.2) is 6.29 Å². The van der Waals surface area contributed by atoms with E-state index in [0.29, 0.717) is 11.1 Å². The molecule has 0 saturated carbocycles. The number of benzene rings is 1. The molecule has 3 heteroatoms. The fraction of sp³-hybridized carbons (Fsp3) is 0.182. The van der Waals surface area contributed by atoms with Crippen molar-refractivity contribution in [1.82, 2.24) is 0 Å². The second-order valence-corrected chi connectivity index (χ2v) is 4.46. The van der Waals surface area contributed by atoms with Crippen LogP contribution in [0.1, 0.15) is 20.8 Å². The minimum Gasteiger partial charge on any atom is -0.298 e. The van der Waals surface area contributed by atoms with E-state index >= 15 is 0 Å². The molecule has 0 aliphatic heterocycles. The SMILES string of the molecule is Cc1sc2c(C)c(F)ccc2c1C=O. The first kappa shape index (κ1) is 9.34. The van der Waals surface area contributed by atoms with E-state index in [1.54, 1.807) is 13.0 Å². The Kier molecular flexibility index (Phi) is 2.11. The van der Waals surface area contributed by atoms with Crippen LogP contribution in [0.4, 0.5) is 4.39 Å². The molecule has 0 fully saturated rings. The number of aryl methyl sites for hydroxylation is 2. The smallest absolute Gasteiger partial charge is 0.151 e. The van der Waals surface area contributed by atoms with Gasteiger partial charge in [0.1, 0.15) is 5.82 Å². The van der Waals surface area contributed by atoms with E-state index in [0.717, 1.165) is 21.2 Å². The van der Waals surface area contributed by atoms with Gasteiger partial charge in [0, 0.05) is 26.1 Å². The van der Waals surface area contributed by atoms with Crippen LogP contribution < -0.4 is 0 Å². The second-order valence-electron chi connectivity index (χ2n) is 3.24. The maximum Gasteiger partial charge on any atom is 0.151 e. The van der Waals surface area contributed by atoms with Gasteiger partial charge in [0.2, 0.25) is 0 Å². The first-order chi connectivity index (χ1) is 6.65. The highest BCUT2D eigenvalue weighted by Crippen LogP contribution is 2.32. The van der Waals surface area contributed by atoms with E-state index in [4.69, 9.17) is 0 Å². The molecule has 0 bridgehead atoms. The van der Waals surface area contributed by atoms with Gasteiger partial charge in [-0.2, -0.15) is 0 Å². The first-order valence-corrected chi connectivity index (χ1v) is 5.10. The fourth-order valence-electron chi connectivity index (χ4n) is 1.56. The van der Waals surface area contributed by atoms with E-state index < -0.39 is 0 Å². The summed E-state index contributed by atoms with van der Waals surface area (Å²) in [5.74, 6) is -0.212. The van der Waals surface area contributed by atoms with Crippen molar-refractivity contribution in [3.8, 4) is 0 Å². The molecule has 1 heterocycles. The Morgan fingerprint density at radius 2 is 2.07 bits per heavy atom. The van der Waals surface area contributed by atoms with Crippen LogP contribution in [0.3, 0.4) is 0 Å². The van der Waals surface area contributed by atoms with Crippen LogP contribution in [0, 0.1) is 19.7 Å². The molecule has 0 N–H and O–H groups in total. The molecule has 72 valence electrons. The third kappa shape index (κ3) is 1.16. The predicted molar refractivity (Wildman–Crippen MR) is 56.6 cm³/mol. The van der Waals surface area contributed by atoms with Gasteiger partial charge in [0.25, 0.3) is 0 Å². The summed E-state index contributed by atoms with van der Waals surface area (Å²) in [4.78, 5) is 11.8. The molecule has 1 aromatic heterocycles. The van der Waals surface area contributed by atoms with Crippen molar-refractivity contribution in [2.24, 2.45) is 0 Å². The topological polar surface area (TPSA) is 17.1 Å². The van der Waals surface area contributed by atoms with Crippen LogP contribution >= 0.6 is 11.3 Å². The highest BCUT2D eigenvalue weighted by atomic mass is 32.1. The number of hydrogen-bond acceptors (Lipinski definition) is 2. The summed E-state index contributed by atoms with van der Waals surface area (Å²) in [6.07, 6.45) is 0.839. The third-order valence-corrected chi connectivity index (χ3v) is 3.64. The molecule has 0 aliphatic carbocycles. The lowest BCUT2D eigenvalue weighted by Gasteiger charge is -1.97. The highest BCUT2D eigenvalue weighted by Gasteiger charge is 2.11. The lowest BCUT2D eigenvalue weighted by atomic mass is 10.1. The standard InChI is InChI=1S/C11H9FOS/c1-6-10(12)4-3-8-9(5-13)7(2)14-11(6)8/h3-5H,1-2H3. The van der Waals surface area contributed by atoms with Crippen molar-refractivity contribution in [3.63, 3.8) is 0 Å². The van der Waals surface area contributed by atoms with Crippen molar-refractivity contribution in [2.75, 3.05) is 0 Å². The summed E-state index contributed by atoms with van der Waals surface area (Å²) in [5.41, 5.74) is 1.32. The Labute approximate surface area is 85.2 Å². The van der Waals surface area contributed by atoms with Crippen molar-refractivity contribution >= 4 is 27.7 Å². The minimum atomic E-state index is -0.212.